The highest BCUT2D eigenvalue weighted by atomic mass is 32.2. The summed E-state index contributed by atoms with van der Waals surface area (Å²) in [7, 11) is -2.75. The van der Waals surface area contributed by atoms with Crippen molar-refractivity contribution >= 4 is 16.0 Å². The van der Waals surface area contributed by atoms with E-state index in [1.54, 1.807) is 0 Å². The van der Waals surface area contributed by atoms with Crippen molar-refractivity contribution in [3.8, 4) is 0 Å². The van der Waals surface area contributed by atoms with Crippen LogP contribution in [0.4, 0.5) is 8.78 Å². The molecule has 0 bridgehead atoms. The lowest BCUT2D eigenvalue weighted by molar-refractivity contribution is -0.163. The van der Waals surface area contributed by atoms with Crippen LogP contribution in [-0.4, -0.2) is 57.8 Å². The number of carboxylic acids is 1. The van der Waals surface area contributed by atoms with Gasteiger partial charge in [-0.25, -0.2) is 21.9 Å². The van der Waals surface area contributed by atoms with Crippen molar-refractivity contribution < 1.29 is 27.1 Å². The average Bonchev–Trinajstić information content (AvgIpc) is 2.74. The predicted octanol–water partition coefficient (Wildman–Crippen LogP) is -0.454. The Bertz CT molecular complexity index is 630. The van der Waals surface area contributed by atoms with Gasteiger partial charge in [0.05, 0.1) is 6.20 Å². The number of hydrogen-bond donors (Lipinski definition) is 1. The predicted molar refractivity (Wildman–Crippen MR) is 60.5 cm³/mol. The number of halogens is 2. The molecule has 0 aliphatic carbocycles. The van der Waals surface area contributed by atoms with Crippen molar-refractivity contribution in [1.82, 2.24) is 19.3 Å². The largest absolute Gasteiger partial charge is 0.481 e. The molecule has 11 heteroatoms. The van der Waals surface area contributed by atoms with Gasteiger partial charge in [-0.3, -0.25) is 4.79 Å². The molecule has 0 aromatic carbocycles. The van der Waals surface area contributed by atoms with Crippen LogP contribution in [0.3, 0.4) is 0 Å². The molecular weight excluding hydrogens is 298 g/mol. The summed E-state index contributed by atoms with van der Waals surface area (Å²) in [5.41, 5.74) is 0. The van der Waals surface area contributed by atoms with Gasteiger partial charge in [-0.2, -0.15) is 4.31 Å². The van der Waals surface area contributed by atoms with Crippen LogP contribution in [0.15, 0.2) is 11.2 Å². The molecule has 8 nitrogen and oxygen atoms in total. The normalized spacial score (nSPS) is 23.6. The number of aromatic nitrogens is 3. The number of rotatable bonds is 3. The summed E-state index contributed by atoms with van der Waals surface area (Å²) < 4.78 is 53.1. The van der Waals surface area contributed by atoms with E-state index in [1.807, 2.05) is 0 Å². The first-order valence-corrected chi connectivity index (χ1v) is 7.06. The van der Waals surface area contributed by atoms with Gasteiger partial charge in [0.15, 0.2) is 5.03 Å². The van der Waals surface area contributed by atoms with Crippen LogP contribution in [-0.2, 0) is 21.9 Å². The van der Waals surface area contributed by atoms with E-state index in [0.717, 1.165) is 15.2 Å². The number of aliphatic carboxylic acids is 1. The molecule has 1 fully saturated rings. The van der Waals surface area contributed by atoms with Gasteiger partial charge in [0.25, 0.3) is 15.9 Å². The van der Waals surface area contributed by atoms with Crippen molar-refractivity contribution in [2.75, 3.05) is 13.1 Å². The average molecular weight is 310 g/mol. The molecule has 2 rings (SSSR count). The second kappa shape index (κ2) is 4.74. The summed E-state index contributed by atoms with van der Waals surface area (Å²) in [5.74, 6) is -7.21. The smallest absolute Gasteiger partial charge is 0.313 e. The van der Waals surface area contributed by atoms with Crippen LogP contribution in [0.1, 0.15) is 6.42 Å². The highest BCUT2D eigenvalue weighted by molar-refractivity contribution is 7.89. The van der Waals surface area contributed by atoms with E-state index in [2.05, 4.69) is 10.3 Å². The van der Waals surface area contributed by atoms with E-state index in [1.165, 1.54) is 7.05 Å². The van der Waals surface area contributed by atoms with Gasteiger partial charge in [0.2, 0.25) is 0 Å². The topological polar surface area (TPSA) is 105 Å². The van der Waals surface area contributed by atoms with Crippen molar-refractivity contribution in [3.05, 3.63) is 6.20 Å². The number of carbonyl (C=O) groups is 1. The molecule has 0 spiro atoms. The molecule has 1 aliphatic heterocycles. The number of carboxylic acid groups (broad SMARTS) is 1. The maximum atomic E-state index is 13.5. The maximum absolute atomic E-state index is 13.5. The van der Waals surface area contributed by atoms with Gasteiger partial charge in [-0.1, -0.05) is 5.21 Å². The third-order valence-electron chi connectivity index (χ3n) is 3.17. The van der Waals surface area contributed by atoms with Crippen LogP contribution in [0.2, 0.25) is 0 Å². The Morgan fingerprint density at radius 2 is 2.20 bits per heavy atom. The molecule has 1 atom stereocenters. The Morgan fingerprint density at radius 1 is 1.55 bits per heavy atom. The van der Waals surface area contributed by atoms with Gasteiger partial charge < -0.3 is 5.11 Å². The molecule has 0 amide bonds. The van der Waals surface area contributed by atoms with Crippen LogP contribution in [0.5, 0.6) is 0 Å². The summed E-state index contributed by atoms with van der Waals surface area (Å²) in [6.07, 6.45) is 0.145. The van der Waals surface area contributed by atoms with Crippen molar-refractivity contribution in [1.29, 1.82) is 0 Å². The SMILES string of the molecule is Cn1nncc1S(=O)(=O)N1CCC(F)(F)C(C(=O)O)C1. The van der Waals surface area contributed by atoms with Crippen molar-refractivity contribution in [2.45, 2.75) is 17.4 Å². The Kier molecular flexibility index (Phi) is 3.50. The lowest BCUT2D eigenvalue weighted by atomic mass is 9.95. The van der Waals surface area contributed by atoms with Gasteiger partial charge >= 0.3 is 5.97 Å². The maximum Gasteiger partial charge on any atom is 0.313 e. The van der Waals surface area contributed by atoms with Crippen LogP contribution in [0.25, 0.3) is 0 Å². The number of sulfonamides is 1. The fourth-order valence-corrected chi connectivity index (χ4v) is 3.49. The third-order valence-corrected chi connectivity index (χ3v) is 5.08. The highest BCUT2D eigenvalue weighted by Gasteiger charge is 2.51. The van der Waals surface area contributed by atoms with E-state index in [9.17, 15) is 22.0 Å². The van der Waals surface area contributed by atoms with Gasteiger partial charge in [0, 0.05) is 26.6 Å². The first kappa shape index (κ1) is 14.8. The van der Waals surface area contributed by atoms with Gasteiger partial charge in [-0.05, 0) is 0 Å². The minimum atomic E-state index is -4.09. The number of nitrogens with zero attached hydrogens (tertiary/aromatic N) is 4. The number of piperidine rings is 1. The fourth-order valence-electron chi connectivity index (χ4n) is 2.00. The summed E-state index contributed by atoms with van der Waals surface area (Å²) in [5, 5.41) is 15.4. The van der Waals surface area contributed by atoms with Gasteiger partial charge in [-0.15, -0.1) is 5.10 Å². The standard InChI is InChI=1S/C9H12F2N4O4S/c1-14-7(4-12-13-14)20(18,19)15-3-2-9(10,11)6(5-15)8(16)17/h4,6H,2-3,5H2,1H3,(H,16,17). The zero-order valence-corrected chi connectivity index (χ0v) is 11.2. The van der Waals surface area contributed by atoms with Crippen LogP contribution in [0, 0.1) is 5.92 Å². The fraction of sp³-hybridized carbons (Fsp3) is 0.667. The summed E-state index contributed by atoms with van der Waals surface area (Å²) in [6.45, 7) is -1.24. The number of aryl methyl sites for hydroxylation is 1. The molecule has 20 heavy (non-hydrogen) atoms. The summed E-state index contributed by atoms with van der Waals surface area (Å²) in [4.78, 5) is 10.9. The highest BCUT2D eigenvalue weighted by Crippen LogP contribution is 2.35. The zero-order chi connectivity index (χ0) is 15.1. The molecule has 1 saturated heterocycles. The first-order chi connectivity index (χ1) is 9.16. The molecule has 1 unspecified atom stereocenters. The number of hydrogen-bond acceptors (Lipinski definition) is 5. The molecule has 0 radical (unpaired) electrons. The number of alkyl halides is 2. The Balaban J connectivity index is 2.32. The third kappa shape index (κ3) is 2.38. The summed E-state index contributed by atoms with van der Waals surface area (Å²) in [6, 6.07) is 0. The minimum Gasteiger partial charge on any atom is -0.481 e. The van der Waals surface area contributed by atoms with Crippen molar-refractivity contribution in [2.24, 2.45) is 13.0 Å². The van der Waals surface area contributed by atoms with E-state index in [-0.39, 0.29) is 5.03 Å². The van der Waals surface area contributed by atoms with Crippen molar-refractivity contribution in [3.63, 3.8) is 0 Å². The first-order valence-electron chi connectivity index (χ1n) is 5.62. The van der Waals surface area contributed by atoms with E-state index >= 15 is 0 Å². The van der Waals surface area contributed by atoms with E-state index < -0.39 is 47.3 Å². The molecule has 1 aromatic heterocycles. The van der Waals surface area contributed by atoms with Crippen LogP contribution < -0.4 is 0 Å². The monoisotopic (exact) mass is 310 g/mol. The lowest BCUT2D eigenvalue weighted by Crippen LogP contribution is -2.52. The van der Waals surface area contributed by atoms with Crippen LogP contribution >= 0.6 is 0 Å². The van der Waals surface area contributed by atoms with E-state index in [4.69, 9.17) is 5.11 Å². The quantitative estimate of drug-likeness (QED) is 0.810. The second-order valence-electron chi connectivity index (χ2n) is 4.46. The molecule has 2 heterocycles. The molecular formula is C9H12F2N4O4S. The van der Waals surface area contributed by atoms with Gasteiger partial charge in [0.1, 0.15) is 5.92 Å². The minimum absolute atomic E-state index is 0.271. The summed E-state index contributed by atoms with van der Waals surface area (Å²) >= 11 is 0. The Morgan fingerprint density at radius 3 is 2.70 bits per heavy atom. The molecule has 1 N–H and O–H groups in total. The molecule has 0 saturated carbocycles. The Hall–Kier alpha value is -1.62. The Labute approximate surface area is 113 Å². The van der Waals surface area contributed by atoms with E-state index in [0.29, 0.717) is 0 Å². The zero-order valence-electron chi connectivity index (χ0n) is 10.4. The molecule has 1 aromatic rings. The second-order valence-corrected chi connectivity index (χ2v) is 6.35. The molecule has 1 aliphatic rings. The molecule has 112 valence electrons. The lowest BCUT2D eigenvalue weighted by Gasteiger charge is -2.35.